The summed E-state index contributed by atoms with van der Waals surface area (Å²) in [7, 11) is 0. The van der Waals surface area contributed by atoms with Crippen LogP contribution in [0.3, 0.4) is 0 Å². The molecular weight excluding hydrogens is 428 g/mol. The van der Waals surface area contributed by atoms with Gasteiger partial charge in [-0.15, -0.1) is 0 Å². The second-order valence-electron chi connectivity index (χ2n) is 9.16. The van der Waals surface area contributed by atoms with E-state index in [1.807, 2.05) is 36.4 Å². The third kappa shape index (κ3) is 3.62. The first-order valence-electron chi connectivity index (χ1n) is 10.3. The zero-order valence-corrected chi connectivity index (χ0v) is 18.8. The molecule has 0 saturated heterocycles. The Hall–Kier alpha value is -3.32. The normalized spacial score (nSPS) is 18.9. The molecule has 0 unspecified atom stereocenters. The number of ether oxygens (including phenoxy) is 3. The molecule has 0 amide bonds. The Kier molecular flexibility index (Phi) is 4.74. The Morgan fingerprint density at radius 3 is 2.38 bits per heavy atom. The zero-order chi connectivity index (χ0) is 22.5. The molecule has 1 aromatic heterocycles. The van der Waals surface area contributed by atoms with Crippen molar-refractivity contribution in [2.45, 2.75) is 26.3 Å². The summed E-state index contributed by atoms with van der Waals surface area (Å²) in [6, 6.07) is 11.8. The van der Waals surface area contributed by atoms with Gasteiger partial charge in [0.05, 0.1) is 6.61 Å². The predicted molar refractivity (Wildman–Crippen MR) is 122 cm³/mol. The minimum absolute atomic E-state index is 0.0330. The topological polar surface area (TPSA) is 91.9 Å². The number of amidine groups is 1. The van der Waals surface area contributed by atoms with Crippen LogP contribution in [-0.4, -0.2) is 29.2 Å². The standard InChI is InChI=1S/C24H23ClN4O3/c1-23(2,3)12-30-16-5-7-20-18(9-16)24(13-31-22(26)29-24)17-8-14(4-6-19(17)32-20)15-10-27-21(25)28-11-15/h4-11H,12-13H2,1-3H3,(H2,26,29)/t24-/m0/s1. The summed E-state index contributed by atoms with van der Waals surface area (Å²) >= 11 is 5.85. The lowest BCUT2D eigenvalue weighted by molar-refractivity contribution is 0.197. The summed E-state index contributed by atoms with van der Waals surface area (Å²) in [4.78, 5) is 12.9. The smallest absolute Gasteiger partial charge is 0.283 e. The van der Waals surface area contributed by atoms with E-state index in [4.69, 9.17) is 36.5 Å². The SMILES string of the molecule is CC(C)(C)COc1ccc2c(c1)[C@]1(COC(N)=N1)c1cc(-c3cnc(Cl)nc3)ccc1O2. The van der Waals surface area contributed by atoms with Crippen LogP contribution in [0.25, 0.3) is 11.1 Å². The number of fused-ring (bicyclic) bond motifs is 4. The van der Waals surface area contributed by atoms with Crippen LogP contribution in [0.4, 0.5) is 0 Å². The van der Waals surface area contributed by atoms with Gasteiger partial charge in [-0.1, -0.05) is 26.8 Å². The van der Waals surface area contributed by atoms with E-state index in [0.29, 0.717) is 18.1 Å². The number of hydrogen-bond acceptors (Lipinski definition) is 7. The van der Waals surface area contributed by atoms with Crippen molar-refractivity contribution in [1.29, 1.82) is 0 Å². The van der Waals surface area contributed by atoms with E-state index in [2.05, 4.69) is 30.7 Å². The third-order valence-electron chi connectivity index (χ3n) is 5.40. The summed E-state index contributed by atoms with van der Waals surface area (Å²) in [6.45, 7) is 7.24. The first-order valence-corrected chi connectivity index (χ1v) is 10.7. The van der Waals surface area contributed by atoms with Crippen molar-refractivity contribution in [2.75, 3.05) is 13.2 Å². The molecule has 164 valence electrons. The van der Waals surface area contributed by atoms with E-state index in [1.165, 1.54) is 0 Å². The van der Waals surface area contributed by atoms with Crippen LogP contribution in [0.1, 0.15) is 31.9 Å². The Labute approximate surface area is 191 Å². The number of aliphatic imine (C=N–C) groups is 1. The van der Waals surface area contributed by atoms with Crippen LogP contribution in [0.5, 0.6) is 17.2 Å². The minimum atomic E-state index is -0.836. The number of benzene rings is 2. The van der Waals surface area contributed by atoms with Gasteiger partial charge in [0.25, 0.3) is 6.02 Å². The van der Waals surface area contributed by atoms with Gasteiger partial charge in [-0.3, -0.25) is 0 Å². The molecule has 1 atom stereocenters. The van der Waals surface area contributed by atoms with E-state index >= 15 is 0 Å². The molecule has 2 aromatic carbocycles. The largest absolute Gasteiger partial charge is 0.493 e. The molecule has 0 saturated carbocycles. The van der Waals surface area contributed by atoms with Crippen LogP contribution in [-0.2, 0) is 10.3 Å². The van der Waals surface area contributed by atoms with Crippen molar-refractivity contribution in [3.8, 4) is 28.4 Å². The molecule has 0 aliphatic carbocycles. The number of aromatic nitrogens is 2. The first-order chi connectivity index (χ1) is 15.2. The van der Waals surface area contributed by atoms with Gasteiger partial charge in [-0.25, -0.2) is 15.0 Å². The Balaban J connectivity index is 1.62. The van der Waals surface area contributed by atoms with Gasteiger partial charge < -0.3 is 19.9 Å². The molecule has 7 nitrogen and oxygen atoms in total. The Morgan fingerprint density at radius 1 is 1.03 bits per heavy atom. The minimum Gasteiger partial charge on any atom is -0.493 e. The number of rotatable bonds is 3. The van der Waals surface area contributed by atoms with E-state index in [-0.39, 0.29) is 23.3 Å². The highest BCUT2D eigenvalue weighted by Crippen LogP contribution is 2.52. The van der Waals surface area contributed by atoms with Gasteiger partial charge in [0, 0.05) is 29.1 Å². The predicted octanol–water partition coefficient (Wildman–Crippen LogP) is 4.92. The molecule has 5 rings (SSSR count). The average Bonchev–Trinajstić information content (AvgIpc) is 3.15. The van der Waals surface area contributed by atoms with E-state index in [1.54, 1.807) is 12.4 Å². The molecule has 0 fully saturated rings. The van der Waals surface area contributed by atoms with E-state index in [0.717, 1.165) is 28.0 Å². The number of hydrogen-bond donors (Lipinski definition) is 1. The van der Waals surface area contributed by atoms with Gasteiger partial charge in [0.1, 0.15) is 23.9 Å². The van der Waals surface area contributed by atoms with E-state index in [9.17, 15) is 0 Å². The second-order valence-corrected chi connectivity index (χ2v) is 9.50. The molecule has 32 heavy (non-hydrogen) atoms. The molecule has 0 bridgehead atoms. The molecule has 1 spiro atoms. The van der Waals surface area contributed by atoms with Crippen LogP contribution >= 0.6 is 11.6 Å². The summed E-state index contributed by atoms with van der Waals surface area (Å²) in [5.41, 5.74) is 8.63. The van der Waals surface area contributed by atoms with Gasteiger partial charge in [0.2, 0.25) is 5.28 Å². The number of nitrogens with zero attached hydrogens (tertiary/aromatic N) is 3. The monoisotopic (exact) mass is 450 g/mol. The van der Waals surface area contributed by atoms with Crippen molar-refractivity contribution >= 4 is 17.6 Å². The molecule has 8 heteroatoms. The quantitative estimate of drug-likeness (QED) is 0.569. The fourth-order valence-electron chi connectivity index (χ4n) is 3.86. The van der Waals surface area contributed by atoms with Crippen LogP contribution in [0, 0.1) is 5.41 Å². The lowest BCUT2D eigenvalue weighted by atomic mass is 9.80. The molecule has 2 aliphatic rings. The highest BCUT2D eigenvalue weighted by molar-refractivity contribution is 6.28. The summed E-state index contributed by atoms with van der Waals surface area (Å²) < 4.78 is 18.0. The van der Waals surface area contributed by atoms with Crippen molar-refractivity contribution in [3.63, 3.8) is 0 Å². The Bertz CT molecular complexity index is 1220. The molecule has 3 heterocycles. The lowest BCUT2D eigenvalue weighted by Gasteiger charge is -2.34. The molecule has 3 aromatic rings. The van der Waals surface area contributed by atoms with Gasteiger partial charge in [-0.2, -0.15) is 0 Å². The van der Waals surface area contributed by atoms with Crippen LogP contribution < -0.4 is 15.2 Å². The van der Waals surface area contributed by atoms with Gasteiger partial charge >= 0.3 is 0 Å². The first kappa shape index (κ1) is 20.6. The van der Waals surface area contributed by atoms with E-state index < -0.39 is 5.54 Å². The number of nitrogens with two attached hydrogens (primary N) is 1. The van der Waals surface area contributed by atoms with Gasteiger partial charge in [0.15, 0.2) is 5.54 Å². The highest BCUT2D eigenvalue weighted by atomic mass is 35.5. The second kappa shape index (κ2) is 7.38. The zero-order valence-electron chi connectivity index (χ0n) is 18.1. The number of halogens is 1. The van der Waals surface area contributed by atoms with Crippen molar-refractivity contribution in [1.82, 2.24) is 9.97 Å². The van der Waals surface area contributed by atoms with Crippen LogP contribution in [0.2, 0.25) is 5.28 Å². The summed E-state index contributed by atoms with van der Waals surface area (Å²) in [5.74, 6) is 2.14. The average molecular weight is 451 g/mol. The molecule has 0 radical (unpaired) electrons. The fraction of sp³-hybridized carbons (Fsp3) is 0.292. The third-order valence-corrected chi connectivity index (χ3v) is 5.59. The van der Waals surface area contributed by atoms with Crippen molar-refractivity contribution in [2.24, 2.45) is 16.1 Å². The Morgan fingerprint density at radius 2 is 1.72 bits per heavy atom. The molecule has 2 aliphatic heterocycles. The van der Waals surface area contributed by atoms with Crippen molar-refractivity contribution < 1.29 is 14.2 Å². The lowest BCUT2D eigenvalue weighted by Crippen LogP contribution is -2.31. The maximum atomic E-state index is 6.24. The van der Waals surface area contributed by atoms with Crippen molar-refractivity contribution in [3.05, 3.63) is 65.2 Å². The van der Waals surface area contributed by atoms with Crippen LogP contribution in [0.15, 0.2) is 53.8 Å². The summed E-state index contributed by atoms with van der Waals surface area (Å²) in [5, 5.41) is 0.199. The van der Waals surface area contributed by atoms with Gasteiger partial charge in [-0.05, 0) is 52.9 Å². The maximum Gasteiger partial charge on any atom is 0.283 e. The summed E-state index contributed by atoms with van der Waals surface area (Å²) in [6.07, 6.45) is 3.37. The maximum absolute atomic E-state index is 6.24. The molecular formula is C24H23ClN4O3. The highest BCUT2D eigenvalue weighted by Gasteiger charge is 2.47. The molecule has 2 N–H and O–H groups in total. The fourth-order valence-corrected chi connectivity index (χ4v) is 3.96.